The van der Waals surface area contributed by atoms with E-state index in [9.17, 15) is 14.4 Å². The van der Waals surface area contributed by atoms with Crippen LogP contribution < -0.4 is 16.4 Å². The van der Waals surface area contributed by atoms with Gasteiger partial charge in [0.2, 0.25) is 11.8 Å². The van der Waals surface area contributed by atoms with Gasteiger partial charge in [0.1, 0.15) is 6.61 Å². The van der Waals surface area contributed by atoms with Gasteiger partial charge in [0.05, 0.1) is 19.3 Å². The molecule has 2 atom stereocenters. The molecule has 2 aromatic rings. The number of aliphatic hydroxyl groups is 1. The zero-order valence-electron chi connectivity index (χ0n) is 28.2. The van der Waals surface area contributed by atoms with Gasteiger partial charge in [0, 0.05) is 58.8 Å². The van der Waals surface area contributed by atoms with Gasteiger partial charge < -0.3 is 40.4 Å². The maximum atomic E-state index is 12.3. The topological polar surface area (TPSA) is 158 Å². The summed E-state index contributed by atoms with van der Waals surface area (Å²) < 4.78 is 28.5. The average Bonchev–Trinajstić information content (AvgIpc) is 3.37. The number of rotatable bonds is 23. The molecule has 2 unspecified atom stereocenters. The normalized spacial score (nSPS) is 14.2. The fourth-order valence-electron chi connectivity index (χ4n) is 5.58. The summed E-state index contributed by atoms with van der Waals surface area (Å²) in [5.41, 5.74) is 8.22. The fourth-order valence-corrected chi connectivity index (χ4v) is 5.58. The zero-order chi connectivity index (χ0) is 33.9. The van der Waals surface area contributed by atoms with Crippen molar-refractivity contribution in [2.45, 2.75) is 70.3 Å². The third-order valence-electron chi connectivity index (χ3n) is 7.96. The quantitative estimate of drug-likeness (QED) is 0.134. The van der Waals surface area contributed by atoms with E-state index in [1.807, 2.05) is 6.92 Å². The third-order valence-corrected chi connectivity index (χ3v) is 7.96. The Balaban J connectivity index is 1.53. The first-order valence-electron chi connectivity index (χ1n) is 16.8. The molecule has 11 heteroatoms. The molecule has 0 fully saturated rings. The molecule has 1 aliphatic rings. The molecule has 0 spiro atoms. The van der Waals surface area contributed by atoms with E-state index >= 15 is 0 Å². The molecule has 3 amide bonds. The molecule has 46 heavy (non-hydrogen) atoms. The second kappa shape index (κ2) is 20.6. The van der Waals surface area contributed by atoms with Crippen LogP contribution >= 0.6 is 0 Å². The second-order valence-electron chi connectivity index (χ2n) is 11.6. The second-order valence-corrected chi connectivity index (χ2v) is 11.6. The number of benzene rings is 2. The molecule has 0 bridgehead atoms. The third kappa shape index (κ3) is 12.7. The van der Waals surface area contributed by atoms with E-state index in [1.165, 1.54) is 0 Å². The number of hydrogen-bond acceptors (Lipinski definition) is 8. The van der Waals surface area contributed by atoms with Crippen LogP contribution in [0, 0.1) is 0 Å². The Hall–Kier alpha value is -3.51. The number of nitrogens with two attached hydrogens (primary N) is 1. The summed E-state index contributed by atoms with van der Waals surface area (Å²) in [5, 5.41) is 14.7. The van der Waals surface area contributed by atoms with Gasteiger partial charge in [-0.05, 0) is 78.8 Å². The van der Waals surface area contributed by atoms with Crippen LogP contribution in [-0.4, -0.2) is 89.0 Å². The predicted octanol–water partition coefficient (Wildman–Crippen LogP) is 3.61. The molecule has 0 saturated heterocycles. The highest BCUT2D eigenvalue weighted by Crippen LogP contribution is 2.46. The van der Waals surface area contributed by atoms with Crippen LogP contribution in [0.4, 0.5) is 4.79 Å². The summed E-state index contributed by atoms with van der Waals surface area (Å²) in [7, 11) is 1.66. The van der Waals surface area contributed by atoms with Gasteiger partial charge in [0.15, 0.2) is 1.41 Å². The Kier molecular flexibility index (Phi) is 15.8. The summed E-state index contributed by atoms with van der Waals surface area (Å²) in [6.07, 6.45) is 4.17. The summed E-state index contributed by atoms with van der Waals surface area (Å²) in [6, 6.07) is 12.6. The number of primary amides is 1. The van der Waals surface area contributed by atoms with Crippen LogP contribution in [-0.2, 0) is 41.4 Å². The van der Waals surface area contributed by atoms with Crippen molar-refractivity contribution in [3.05, 3.63) is 58.7 Å². The number of fused-ring (bicyclic) bond motifs is 3. The van der Waals surface area contributed by atoms with Gasteiger partial charge in [-0.25, -0.2) is 4.79 Å². The standard InChI is InChI=1S/C35H51N3O8/c1-25(14-17-39)45-21-16-38-34(41)9-4-7-27-11-13-29-28-12-10-26(22-30(28)32(31(29)23-27)24-46-35(36)42)6-3-8-33(40)37-15-20-44-19-5-18-43-2/h10-13,22-23,25,32,39H,3-9,14-21,24H2,1-2H3,(H2,36,42)(H,37,40)(H,38,41)/i/hD. The van der Waals surface area contributed by atoms with Crippen molar-refractivity contribution in [2.75, 3.05) is 59.8 Å². The molecule has 0 heterocycles. The van der Waals surface area contributed by atoms with Crippen molar-refractivity contribution in [3.8, 4) is 11.1 Å². The predicted molar refractivity (Wildman–Crippen MR) is 176 cm³/mol. The molecule has 0 saturated carbocycles. The van der Waals surface area contributed by atoms with Gasteiger partial charge in [-0.1, -0.05) is 36.4 Å². The van der Waals surface area contributed by atoms with E-state index in [1.54, 1.807) is 12.8 Å². The van der Waals surface area contributed by atoms with Gasteiger partial charge >= 0.3 is 6.09 Å². The number of carbonyl (C=O) groups excluding carboxylic acids is 3. The zero-order valence-corrected chi connectivity index (χ0v) is 27.2. The molecule has 3 rings (SSSR count). The number of aliphatic hydroxyl groups excluding tert-OH is 1. The van der Waals surface area contributed by atoms with Crippen molar-refractivity contribution < 1.29 is 39.8 Å². The fraction of sp³-hybridized carbons (Fsp3) is 0.571. The van der Waals surface area contributed by atoms with Crippen LogP contribution in [0.15, 0.2) is 36.4 Å². The number of methoxy groups -OCH3 is 1. The first-order chi connectivity index (χ1) is 22.9. The number of aryl methyl sites for hydroxylation is 2. The lowest BCUT2D eigenvalue weighted by Crippen LogP contribution is -2.28. The van der Waals surface area contributed by atoms with Crippen molar-refractivity contribution >= 4 is 17.9 Å². The van der Waals surface area contributed by atoms with Gasteiger partial charge in [0.25, 0.3) is 0 Å². The molecule has 5 N–H and O–H groups in total. The van der Waals surface area contributed by atoms with E-state index in [4.69, 9.17) is 25.5 Å². The Bertz CT molecular complexity index is 1280. The Morgan fingerprint density at radius 2 is 1.50 bits per heavy atom. The number of ether oxygens (including phenoxy) is 4. The lowest BCUT2D eigenvalue weighted by molar-refractivity contribution is -0.122. The Morgan fingerprint density at radius 3 is 2.07 bits per heavy atom. The monoisotopic (exact) mass is 642 g/mol. The maximum absolute atomic E-state index is 12.3. The number of carbonyl (C=O) groups is 3. The summed E-state index contributed by atoms with van der Waals surface area (Å²) in [4.78, 5) is 36.4. The minimum absolute atomic E-state index is 0.00496. The number of nitrogens with one attached hydrogen (secondary N) is 2. The SMILES string of the molecule is [2H]NC(=O)OCC1c2cc(CCCC(=O)NCCOCCCOC)ccc2-c2ccc(CCCC(=O)NCCOC(C)CCO)cc21. The summed E-state index contributed by atoms with van der Waals surface area (Å²) in [6.45, 7) is 5.11. The van der Waals surface area contributed by atoms with Gasteiger partial charge in [-0.15, -0.1) is 0 Å². The lowest BCUT2D eigenvalue weighted by atomic mass is 9.94. The molecule has 1 aliphatic carbocycles. The minimum Gasteiger partial charge on any atom is -0.449 e. The lowest BCUT2D eigenvalue weighted by Gasteiger charge is -2.15. The Morgan fingerprint density at radius 1 is 0.891 bits per heavy atom. The molecular formula is C35H51N3O8. The van der Waals surface area contributed by atoms with E-state index in [0.29, 0.717) is 71.6 Å². The molecule has 11 nitrogen and oxygen atoms in total. The highest BCUT2D eigenvalue weighted by Gasteiger charge is 2.30. The summed E-state index contributed by atoms with van der Waals surface area (Å²) in [5.74, 6) is -0.229. The van der Waals surface area contributed by atoms with Crippen molar-refractivity contribution in [2.24, 2.45) is 5.73 Å². The van der Waals surface area contributed by atoms with Crippen LogP contribution in [0.3, 0.4) is 0 Å². The van der Waals surface area contributed by atoms with Crippen molar-refractivity contribution in [1.29, 1.82) is 0 Å². The minimum atomic E-state index is -0.807. The summed E-state index contributed by atoms with van der Waals surface area (Å²) >= 11 is 0. The van der Waals surface area contributed by atoms with Crippen LogP contribution in [0.25, 0.3) is 11.1 Å². The van der Waals surface area contributed by atoms with Crippen LogP contribution in [0.2, 0.25) is 1.41 Å². The highest BCUT2D eigenvalue weighted by molar-refractivity contribution is 5.80. The van der Waals surface area contributed by atoms with E-state index < -0.39 is 6.09 Å². The number of amides is 3. The molecule has 2 aromatic carbocycles. The van der Waals surface area contributed by atoms with Gasteiger partial charge in [-0.2, -0.15) is 0 Å². The largest absolute Gasteiger partial charge is 0.449 e. The molecule has 0 radical (unpaired) electrons. The van der Waals surface area contributed by atoms with Crippen LogP contribution in [0.1, 0.15) is 73.6 Å². The molecule has 254 valence electrons. The molecule has 0 aliphatic heterocycles. The van der Waals surface area contributed by atoms with E-state index in [-0.39, 0.29) is 37.0 Å². The first-order valence-corrected chi connectivity index (χ1v) is 16.3. The van der Waals surface area contributed by atoms with E-state index in [0.717, 1.165) is 52.6 Å². The van der Waals surface area contributed by atoms with Crippen molar-refractivity contribution in [3.63, 3.8) is 0 Å². The smallest absolute Gasteiger partial charge is 0.404 e. The van der Waals surface area contributed by atoms with Crippen LogP contribution in [0.5, 0.6) is 0 Å². The first kappa shape index (κ1) is 35.3. The molecular weight excluding hydrogens is 590 g/mol. The van der Waals surface area contributed by atoms with E-state index in [2.05, 4.69) is 47.0 Å². The Labute approximate surface area is 274 Å². The van der Waals surface area contributed by atoms with Gasteiger partial charge in [-0.3, -0.25) is 9.59 Å². The molecule has 0 aromatic heterocycles. The number of hydrogen-bond donors (Lipinski definition) is 4. The average molecular weight is 643 g/mol. The highest BCUT2D eigenvalue weighted by atomic mass is 16.5. The van der Waals surface area contributed by atoms with Crippen molar-refractivity contribution in [1.82, 2.24) is 10.6 Å². The maximum Gasteiger partial charge on any atom is 0.404 e.